The molecule has 6 heteroatoms. The van der Waals surface area contributed by atoms with E-state index in [-0.39, 0.29) is 12.0 Å². The van der Waals surface area contributed by atoms with Crippen LogP contribution in [0.3, 0.4) is 0 Å². The summed E-state index contributed by atoms with van der Waals surface area (Å²) in [4.78, 5) is 19.4. The van der Waals surface area contributed by atoms with E-state index in [1.165, 1.54) is 11.3 Å². The molecule has 0 N–H and O–H groups in total. The number of hydrogen-bond acceptors (Lipinski definition) is 4. The maximum Gasteiger partial charge on any atom is 0.252 e. The molecule has 1 aromatic heterocycles. The third kappa shape index (κ3) is 4.21. The van der Waals surface area contributed by atoms with E-state index >= 15 is 0 Å². The number of anilines is 1. The monoisotopic (exact) mass is 398 g/mol. The molecule has 3 aromatic rings. The number of ether oxygens (including phenoxy) is 1. The van der Waals surface area contributed by atoms with Crippen molar-refractivity contribution in [1.29, 1.82) is 0 Å². The van der Waals surface area contributed by atoms with Gasteiger partial charge in [0.25, 0.3) is 5.91 Å². The summed E-state index contributed by atoms with van der Waals surface area (Å²) in [6.07, 6.45) is 5.35. The second-order valence-electron chi connectivity index (χ2n) is 6.40. The van der Waals surface area contributed by atoms with E-state index in [1.54, 1.807) is 17.1 Å². The minimum Gasteiger partial charge on any atom is -0.376 e. The first-order valence-electron chi connectivity index (χ1n) is 8.92. The van der Waals surface area contributed by atoms with Gasteiger partial charge < -0.3 is 4.74 Å². The van der Waals surface area contributed by atoms with Gasteiger partial charge in [-0.05, 0) is 42.7 Å². The summed E-state index contributed by atoms with van der Waals surface area (Å²) >= 11 is 7.71. The molecule has 2 heterocycles. The number of hydrogen-bond donors (Lipinski definition) is 0. The predicted octanol–water partition coefficient (Wildman–Crippen LogP) is 5.18. The SMILES string of the molecule is O=C(/C=C/c1ccccc1Cl)N(CC1CCCO1)c1nc2ccccc2s1. The number of nitrogens with zero attached hydrogens (tertiary/aromatic N) is 2. The first-order chi connectivity index (χ1) is 13.2. The van der Waals surface area contributed by atoms with Crippen molar-refractivity contribution in [3.8, 4) is 0 Å². The normalized spacial score (nSPS) is 17.0. The van der Waals surface area contributed by atoms with Gasteiger partial charge >= 0.3 is 0 Å². The minimum absolute atomic E-state index is 0.0506. The molecular formula is C21H19ClN2O2S. The number of benzene rings is 2. The van der Waals surface area contributed by atoms with Crippen molar-refractivity contribution >= 4 is 50.3 Å². The van der Waals surface area contributed by atoms with Crippen LogP contribution in [0.5, 0.6) is 0 Å². The zero-order valence-electron chi connectivity index (χ0n) is 14.7. The van der Waals surface area contributed by atoms with Crippen LogP contribution in [0.1, 0.15) is 18.4 Å². The van der Waals surface area contributed by atoms with Crippen LogP contribution in [-0.4, -0.2) is 30.1 Å². The molecule has 1 saturated heterocycles. The van der Waals surface area contributed by atoms with Crippen LogP contribution in [0.2, 0.25) is 5.02 Å². The average molecular weight is 399 g/mol. The fourth-order valence-corrected chi connectivity index (χ4v) is 4.27. The largest absolute Gasteiger partial charge is 0.376 e. The molecule has 4 rings (SSSR count). The van der Waals surface area contributed by atoms with Gasteiger partial charge in [0.1, 0.15) is 0 Å². The van der Waals surface area contributed by atoms with Crippen molar-refractivity contribution in [3.05, 3.63) is 65.2 Å². The molecule has 0 bridgehead atoms. The highest BCUT2D eigenvalue weighted by Gasteiger charge is 2.25. The number of para-hydroxylation sites is 1. The Balaban J connectivity index is 1.62. The van der Waals surface area contributed by atoms with Gasteiger partial charge in [-0.1, -0.05) is 53.3 Å². The summed E-state index contributed by atoms with van der Waals surface area (Å²) < 4.78 is 6.81. The second-order valence-corrected chi connectivity index (χ2v) is 7.82. The van der Waals surface area contributed by atoms with Gasteiger partial charge in [-0.25, -0.2) is 4.98 Å². The van der Waals surface area contributed by atoms with Crippen molar-refractivity contribution in [3.63, 3.8) is 0 Å². The summed E-state index contributed by atoms with van der Waals surface area (Å²) in [5.74, 6) is -0.121. The van der Waals surface area contributed by atoms with Crippen LogP contribution >= 0.6 is 22.9 Å². The third-order valence-electron chi connectivity index (χ3n) is 4.50. The second kappa shape index (κ2) is 8.21. The van der Waals surface area contributed by atoms with Gasteiger partial charge in [0, 0.05) is 17.7 Å². The average Bonchev–Trinajstić information content (AvgIpc) is 3.34. The Hall–Kier alpha value is -2.21. The van der Waals surface area contributed by atoms with E-state index in [1.807, 2.05) is 48.5 Å². The van der Waals surface area contributed by atoms with E-state index < -0.39 is 0 Å². The quantitative estimate of drug-likeness (QED) is 0.556. The molecule has 27 heavy (non-hydrogen) atoms. The van der Waals surface area contributed by atoms with E-state index in [2.05, 4.69) is 4.98 Å². The Morgan fingerprint density at radius 1 is 1.26 bits per heavy atom. The Labute approximate surface area is 167 Å². The van der Waals surface area contributed by atoms with Crippen LogP contribution in [0, 0.1) is 0 Å². The summed E-state index contributed by atoms with van der Waals surface area (Å²) in [7, 11) is 0. The maximum absolute atomic E-state index is 13.0. The number of carbonyl (C=O) groups excluding carboxylic acids is 1. The van der Waals surface area contributed by atoms with Crippen molar-refractivity contribution < 1.29 is 9.53 Å². The van der Waals surface area contributed by atoms with Crippen LogP contribution in [0.25, 0.3) is 16.3 Å². The van der Waals surface area contributed by atoms with Gasteiger partial charge in [0.2, 0.25) is 0 Å². The molecule has 1 unspecified atom stereocenters. The Kier molecular flexibility index (Phi) is 5.53. The summed E-state index contributed by atoms with van der Waals surface area (Å²) in [6.45, 7) is 1.26. The highest BCUT2D eigenvalue weighted by Crippen LogP contribution is 2.30. The molecule has 0 aliphatic carbocycles. The van der Waals surface area contributed by atoms with Gasteiger partial charge in [0.15, 0.2) is 5.13 Å². The lowest BCUT2D eigenvalue weighted by atomic mass is 10.2. The molecule has 0 saturated carbocycles. The van der Waals surface area contributed by atoms with Crippen LogP contribution in [-0.2, 0) is 9.53 Å². The van der Waals surface area contributed by atoms with Gasteiger partial charge in [0.05, 0.1) is 22.9 Å². The van der Waals surface area contributed by atoms with Gasteiger partial charge in [-0.3, -0.25) is 9.69 Å². The number of thiazole rings is 1. The Bertz CT molecular complexity index is 946. The van der Waals surface area contributed by atoms with E-state index in [9.17, 15) is 4.79 Å². The first-order valence-corrected chi connectivity index (χ1v) is 10.1. The smallest absolute Gasteiger partial charge is 0.252 e. The topological polar surface area (TPSA) is 42.4 Å². The lowest BCUT2D eigenvalue weighted by Crippen LogP contribution is -2.36. The first kappa shape index (κ1) is 18.2. The number of rotatable bonds is 5. The molecule has 0 spiro atoms. The fraction of sp³-hybridized carbons (Fsp3) is 0.238. The van der Waals surface area contributed by atoms with Crippen LogP contribution < -0.4 is 4.90 Å². The Morgan fingerprint density at radius 2 is 2.07 bits per heavy atom. The summed E-state index contributed by atoms with van der Waals surface area (Å²) in [5, 5.41) is 1.31. The zero-order valence-corrected chi connectivity index (χ0v) is 16.2. The number of halogens is 1. The molecule has 4 nitrogen and oxygen atoms in total. The molecule has 2 aromatic carbocycles. The molecule has 1 aliphatic rings. The molecule has 1 aliphatic heterocycles. The molecule has 0 radical (unpaired) electrons. The molecule has 1 atom stereocenters. The van der Waals surface area contributed by atoms with Crippen molar-refractivity contribution in [2.24, 2.45) is 0 Å². The number of aromatic nitrogens is 1. The van der Waals surface area contributed by atoms with E-state index in [0.29, 0.717) is 16.7 Å². The highest BCUT2D eigenvalue weighted by atomic mass is 35.5. The maximum atomic E-state index is 13.0. The summed E-state index contributed by atoms with van der Waals surface area (Å²) in [5.41, 5.74) is 1.71. The standard InChI is InChI=1S/C21H19ClN2O2S/c22-17-8-2-1-6-15(17)11-12-20(25)24(14-16-7-5-13-26-16)21-23-18-9-3-4-10-19(18)27-21/h1-4,6,8-12,16H,5,7,13-14H2/b12-11+. The number of amides is 1. The van der Waals surface area contributed by atoms with Crippen LogP contribution in [0.4, 0.5) is 5.13 Å². The van der Waals surface area contributed by atoms with Gasteiger partial charge in [-0.2, -0.15) is 0 Å². The lowest BCUT2D eigenvalue weighted by molar-refractivity contribution is -0.114. The molecule has 1 fully saturated rings. The zero-order chi connectivity index (χ0) is 18.6. The Morgan fingerprint density at radius 3 is 2.85 bits per heavy atom. The predicted molar refractivity (Wildman–Crippen MR) is 111 cm³/mol. The van der Waals surface area contributed by atoms with Crippen LogP contribution in [0.15, 0.2) is 54.6 Å². The number of carbonyl (C=O) groups is 1. The minimum atomic E-state index is -0.121. The van der Waals surface area contributed by atoms with Gasteiger partial charge in [-0.15, -0.1) is 0 Å². The number of fused-ring (bicyclic) bond motifs is 1. The molecular weight excluding hydrogens is 380 g/mol. The lowest BCUT2D eigenvalue weighted by Gasteiger charge is -2.21. The van der Waals surface area contributed by atoms with Crippen molar-refractivity contribution in [2.45, 2.75) is 18.9 Å². The fourth-order valence-electron chi connectivity index (χ4n) is 3.09. The van der Waals surface area contributed by atoms with Crippen molar-refractivity contribution in [2.75, 3.05) is 18.1 Å². The molecule has 138 valence electrons. The van der Waals surface area contributed by atoms with E-state index in [4.69, 9.17) is 16.3 Å². The summed E-state index contributed by atoms with van der Waals surface area (Å²) in [6, 6.07) is 15.4. The third-order valence-corrected chi connectivity index (χ3v) is 5.90. The van der Waals surface area contributed by atoms with Crippen molar-refractivity contribution in [1.82, 2.24) is 4.98 Å². The highest BCUT2D eigenvalue weighted by molar-refractivity contribution is 7.22. The van der Waals surface area contributed by atoms with E-state index in [0.717, 1.165) is 35.2 Å². The molecule has 1 amide bonds.